The zero-order chi connectivity index (χ0) is 30.0. The Bertz CT molecular complexity index is 1690. The Labute approximate surface area is 253 Å². The van der Waals surface area contributed by atoms with Gasteiger partial charge in [0.25, 0.3) is 17.4 Å². The quantitative estimate of drug-likeness (QED) is 0.307. The van der Waals surface area contributed by atoms with Crippen LogP contribution in [0.25, 0.3) is 11.0 Å². The maximum atomic E-state index is 13.3. The number of fused-ring (bicyclic) bond motifs is 1. The molecular formula is C30H31Cl2N7O3. The summed E-state index contributed by atoms with van der Waals surface area (Å²) < 4.78 is 0.814. The van der Waals surface area contributed by atoms with Gasteiger partial charge in [-0.2, -0.15) is 4.98 Å². The molecule has 2 amide bonds. The van der Waals surface area contributed by atoms with Crippen LogP contribution in [0.4, 0.5) is 11.6 Å². The number of anilines is 2. The molecule has 0 radical (unpaired) electrons. The molecule has 42 heavy (non-hydrogen) atoms. The molecular weight excluding hydrogens is 577 g/mol. The molecule has 218 valence electrons. The number of amides is 2. The van der Waals surface area contributed by atoms with Crippen LogP contribution in [-0.2, 0) is 6.54 Å². The van der Waals surface area contributed by atoms with Gasteiger partial charge in [-0.3, -0.25) is 19.3 Å². The molecule has 2 aromatic carbocycles. The summed E-state index contributed by atoms with van der Waals surface area (Å²) in [7, 11) is 0. The van der Waals surface area contributed by atoms with Gasteiger partial charge in [-0.1, -0.05) is 29.8 Å². The monoisotopic (exact) mass is 607 g/mol. The Hall–Kier alpha value is -3.99. The van der Waals surface area contributed by atoms with Crippen molar-refractivity contribution in [3.05, 3.63) is 92.9 Å². The normalized spacial score (nSPS) is 14.2. The second-order valence-corrected chi connectivity index (χ2v) is 11.9. The zero-order valence-corrected chi connectivity index (χ0v) is 25.0. The molecule has 0 aliphatic carbocycles. The fourth-order valence-corrected chi connectivity index (χ4v) is 5.20. The fourth-order valence-electron chi connectivity index (χ4n) is 4.80. The summed E-state index contributed by atoms with van der Waals surface area (Å²) in [5, 5.41) is 3.89. The molecule has 10 nitrogen and oxygen atoms in total. The number of pyridine rings is 1. The number of nitrogens with zero attached hydrogens (tertiary/aromatic N) is 5. The van der Waals surface area contributed by atoms with Crippen LogP contribution in [0, 0.1) is 0 Å². The van der Waals surface area contributed by atoms with Crippen LogP contribution in [0.2, 0.25) is 5.02 Å². The minimum atomic E-state index is -0.751. The van der Waals surface area contributed by atoms with E-state index in [1.54, 1.807) is 42.6 Å². The third kappa shape index (κ3) is 6.56. The summed E-state index contributed by atoms with van der Waals surface area (Å²) in [4.78, 5) is 55.2. The Balaban J connectivity index is 1.29. The molecule has 0 spiro atoms. The van der Waals surface area contributed by atoms with Gasteiger partial charge < -0.3 is 15.2 Å². The molecule has 12 heteroatoms. The van der Waals surface area contributed by atoms with Crippen molar-refractivity contribution in [3.63, 3.8) is 0 Å². The van der Waals surface area contributed by atoms with Gasteiger partial charge in [-0.15, -0.1) is 0 Å². The van der Waals surface area contributed by atoms with Crippen LogP contribution in [0.15, 0.2) is 65.6 Å². The summed E-state index contributed by atoms with van der Waals surface area (Å²) in [6.07, 6.45) is 1.59. The Morgan fingerprint density at radius 3 is 2.50 bits per heavy atom. The van der Waals surface area contributed by atoms with E-state index in [1.165, 1.54) is 12.1 Å². The number of hydrogen-bond acceptors (Lipinski definition) is 7. The number of H-pyrrole nitrogens is 1. The van der Waals surface area contributed by atoms with Gasteiger partial charge in [0.2, 0.25) is 5.95 Å². The van der Waals surface area contributed by atoms with Crippen LogP contribution in [0.5, 0.6) is 0 Å². The molecule has 0 unspecified atom stereocenters. The van der Waals surface area contributed by atoms with Crippen molar-refractivity contribution < 1.29 is 9.59 Å². The molecule has 0 saturated carbocycles. The van der Waals surface area contributed by atoms with E-state index in [0.717, 1.165) is 36.2 Å². The molecule has 0 atom stereocenters. The van der Waals surface area contributed by atoms with E-state index in [-0.39, 0.29) is 29.2 Å². The van der Waals surface area contributed by atoms with Crippen molar-refractivity contribution in [2.24, 2.45) is 0 Å². The lowest BCUT2D eigenvalue weighted by Gasteiger charge is -2.42. The number of rotatable bonds is 6. The van der Waals surface area contributed by atoms with Gasteiger partial charge >= 0.3 is 0 Å². The van der Waals surface area contributed by atoms with Gasteiger partial charge in [0.15, 0.2) is 0 Å². The minimum Gasteiger partial charge on any atom is -0.348 e. The molecule has 1 aliphatic heterocycles. The first-order valence-electron chi connectivity index (χ1n) is 13.5. The summed E-state index contributed by atoms with van der Waals surface area (Å²) in [5.74, 6) is -0.584. The molecule has 4 aromatic rings. The van der Waals surface area contributed by atoms with Crippen molar-refractivity contribution in [2.45, 2.75) is 32.9 Å². The van der Waals surface area contributed by atoms with Crippen molar-refractivity contribution in [3.8, 4) is 0 Å². The SMILES string of the molecule is CC(C)(C)N1CCN(c2ncc3cc(C(=O)N(Cl)c4cccc(C(=O)NCc5cccc(Cl)c5)c4)c(=O)[nH]c3n2)CC1. The topological polar surface area (TPSA) is 115 Å². The first-order valence-corrected chi connectivity index (χ1v) is 14.2. The molecule has 2 aromatic heterocycles. The molecule has 1 aliphatic rings. The summed E-state index contributed by atoms with van der Waals surface area (Å²) in [6.45, 7) is 10.1. The molecule has 1 saturated heterocycles. The molecule has 0 bridgehead atoms. The van der Waals surface area contributed by atoms with Crippen LogP contribution in [-0.4, -0.2) is 63.4 Å². The lowest BCUT2D eigenvalue weighted by Crippen LogP contribution is -2.53. The number of piperazine rings is 1. The van der Waals surface area contributed by atoms with Gasteiger partial charge in [0, 0.05) is 72.2 Å². The van der Waals surface area contributed by atoms with E-state index < -0.39 is 11.5 Å². The second-order valence-electron chi connectivity index (χ2n) is 11.1. The van der Waals surface area contributed by atoms with Gasteiger partial charge in [-0.05, 0) is 62.7 Å². The highest BCUT2D eigenvalue weighted by atomic mass is 35.5. The zero-order valence-electron chi connectivity index (χ0n) is 23.5. The molecule has 1 fully saturated rings. The van der Waals surface area contributed by atoms with Crippen molar-refractivity contribution >= 4 is 57.9 Å². The highest BCUT2D eigenvalue weighted by Crippen LogP contribution is 2.23. The summed E-state index contributed by atoms with van der Waals surface area (Å²) >= 11 is 12.4. The van der Waals surface area contributed by atoms with Gasteiger partial charge in [0.05, 0.1) is 5.69 Å². The number of carbonyl (C=O) groups excluding carboxylic acids is 2. The summed E-state index contributed by atoms with van der Waals surface area (Å²) in [6, 6.07) is 14.8. The van der Waals surface area contributed by atoms with Crippen LogP contribution < -0.4 is 20.2 Å². The van der Waals surface area contributed by atoms with E-state index in [1.807, 2.05) is 6.07 Å². The Kier molecular flexibility index (Phi) is 8.49. The Morgan fingerprint density at radius 1 is 1.05 bits per heavy atom. The third-order valence-corrected chi connectivity index (χ3v) is 7.76. The lowest BCUT2D eigenvalue weighted by molar-refractivity contribution is 0.0949. The van der Waals surface area contributed by atoms with Crippen LogP contribution in [0.3, 0.4) is 0 Å². The van der Waals surface area contributed by atoms with E-state index in [2.05, 4.69) is 50.8 Å². The maximum absolute atomic E-state index is 13.3. The Morgan fingerprint density at radius 2 is 1.79 bits per heavy atom. The molecule has 5 rings (SSSR count). The first-order chi connectivity index (χ1) is 20.0. The predicted molar refractivity (Wildman–Crippen MR) is 165 cm³/mol. The maximum Gasteiger partial charge on any atom is 0.278 e. The predicted octanol–water partition coefficient (Wildman–Crippen LogP) is 4.62. The van der Waals surface area contributed by atoms with E-state index in [9.17, 15) is 14.4 Å². The third-order valence-electron chi connectivity index (χ3n) is 7.18. The summed E-state index contributed by atoms with van der Waals surface area (Å²) in [5.41, 5.74) is 0.989. The van der Waals surface area contributed by atoms with Gasteiger partial charge in [-0.25, -0.2) is 9.40 Å². The second kappa shape index (κ2) is 12.1. The number of halogens is 2. The standard InChI is InChI=1S/C30H31Cl2N7O3/c1-30(2,3)38-12-10-37(11-13-38)29-34-18-21-16-24(27(41)35-25(21)36-29)28(42)39(32)23-9-5-7-20(15-23)26(40)33-17-19-6-4-8-22(31)14-19/h4-9,14-16,18H,10-13,17H2,1-3H3,(H,33,40)(H,34,35,36,41). The number of aromatic nitrogens is 3. The average molecular weight is 609 g/mol. The number of aromatic amines is 1. The average Bonchev–Trinajstić information content (AvgIpc) is 2.98. The fraction of sp³-hybridized carbons (Fsp3) is 0.300. The minimum absolute atomic E-state index is 0.0894. The number of carbonyl (C=O) groups is 2. The van der Waals surface area contributed by atoms with E-state index >= 15 is 0 Å². The van der Waals surface area contributed by atoms with Gasteiger partial charge in [0.1, 0.15) is 11.2 Å². The number of benzene rings is 2. The van der Waals surface area contributed by atoms with Crippen LogP contribution in [0.1, 0.15) is 47.1 Å². The first kappa shape index (κ1) is 29.5. The van der Waals surface area contributed by atoms with Crippen LogP contribution >= 0.6 is 23.4 Å². The highest BCUT2D eigenvalue weighted by Gasteiger charge is 2.27. The number of nitrogens with one attached hydrogen (secondary N) is 2. The highest BCUT2D eigenvalue weighted by molar-refractivity contribution is 6.39. The largest absolute Gasteiger partial charge is 0.348 e. The molecule has 2 N–H and O–H groups in total. The van der Waals surface area contributed by atoms with Crippen molar-refractivity contribution in [2.75, 3.05) is 35.5 Å². The number of hydrogen-bond donors (Lipinski definition) is 2. The van der Waals surface area contributed by atoms with E-state index in [0.29, 0.717) is 27.6 Å². The molecule has 3 heterocycles. The van der Waals surface area contributed by atoms with Crippen molar-refractivity contribution in [1.29, 1.82) is 0 Å². The lowest BCUT2D eigenvalue weighted by atomic mass is 10.1. The van der Waals surface area contributed by atoms with Crippen molar-refractivity contribution in [1.82, 2.24) is 25.2 Å². The smallest absolute Gasteiger partial charge is 0.278 e. The van der Waals surface area contributed by atoms with E-state index in [4.69, 9.17) is 23.4 Å².